The molecule has 140 valence electrons. The van der Waals surface area contributed by atoms with Gasteiger partial charge in [-0.2, -0.15) is 0 Å². The van der Waals surface area contributed by atoms with Gasteiger partial charge in [-0.05, 0) is 42.9 Å². The Balaban J connectivity index is 0.00000312. The lowest BCUT2D eigenvalue weighted by Crippen LogP contribution is -2.42. The number of piperidine rings is 1. The normalized spacial score (nSPS) is 16.2. The van der Waals surface area contributed by atoms with Crippen LogP contribution in [0.4, 0.5) is 4.39 Å². The van der Waals surface area contributed by atoms with Gasteiger partial charge in [0.05, 0.1) is 12.3 Å². The lowest BCUT2D eigenvalue weighted by molar-refractivity contribution is -0.145. The Bertz CT molecular complexity index is 556. The average molecular weight is 372 g/mol. The van der Waals surface area contributed by atoms with Crippen molar-refractivity contribution >= 4 is 24.3 Å². The van der Waals surface area contributed by atoms with E-state index >= 15 is 0 Å². The highest BCUT2D eigenvalue weighted by Gasteiger charge is 2.32. The van der Waals surface area contributed by atoms with E-state index in [0.29, 0.717) is 13.1 Å². The van der Waals surface area contributed by atoms with E-state index in [9.17, 15) is 19.1 Å². The summed E-state index contributed by atoms with van der Waals surface area (Å²) < 4.78 is 12.9. The number of halogens is 2. The molecule has 1 atom stereocenters. The van der Waals surface area contributed by atoms with Crippen LogP contribution in [0.25, 0.3) is 0 Å². The smallest absolute Gasteiger partial charge is 0.306 e. The Morgan fingerprint density at radius 3 is 2.36 bits per heavy atom. The molecule has 25 heavy (non-hydrogen) atoms. The van der Waals surface area contributed by atoms with Crippen LogP contribution >= 0.6 is 12.4 Å². The molecule has 0 saturated carbocycles. The van der Waals surface area contributed by atoms with Gasteiger partial charge in [-0.25, -0.2) is 4.39 Å². The van der Waals surface area contributed by atoms with Crippen molar-refractivity contribution in [3.05, 3.63) is 35.6 Å². The van der Waals surface area contributed by atoms with E-state index < -0.39 is 5.97 Å². The number of unbranched alkanes of at least 4 members (excludes halogenated alkanes) is 1. The minimum atomic E-state index is -0.709. The third-order valence-corrected chi connectivity index (χ3v) is 4.92. The first-order valence-electron chi connectivity index (χ1n) is 8.76. The van der Waals surface area contributed by atoms with E-state index in [4.69, 9.17) is 0 Å². The number of hydrogen-bond acceptors (Lipinski definition) is 2. The largest absolute Gasteiger partial charge is 0.481 e. The lowest BCUT2D eigenvalue weighted by atomic mass is 9.81. The number of aliphatic carboxylic acids is 1. The molecular weight excluding hydrogens is 345 g/mol. The number of amides is 1. The molecule has 1 aliphatic rings. The van der Waals surface area contributed by atoms with Gasteiger partial charge in [0.1, 0.15) is 5.82 Å². The van der Waals surface area contributed by atoms with Crippen LogP contribution in [-0.2, 0) is 16.0 Å². The van der Waals surface area contributed by atoms with Crippen molar-refractivity contribution in [1.29, 1.82) is 0 Å². The quantitative estimate of drug-likeness (QED) is 0.790. The third kappa shape index (κ3) is 6.31. The van der Waals surface area contributed by atoms with E-state index in [1.54, 1.807) is 17.0 Å². The van der Waals surface area contributed by atoms with Gasteiger partial charge in [0.25, 0.3) is 0 Å². The van der Waals surface area contributed by atoms with E-state index in [0.717, 1.165) is 37.7 Å². The number of benzene rings is 1. The Morgan fingerprint density at radius 2 is 1.84 bits per heavy atom. The monoisotopic (exact) mass is 371 g/mol. The summed E-state index contributed by atoms with van der Waals surface area (Å²) in [5, 5.41) is 9.43. The van der Waals surface area contributed by atoms with Gasteiger partial charge in [0.15, 0.2) is 0 Å². The van der Waals surface area contributed by atoms with Crippen molar-refractivity contribution < 1.29 is 19.1 Å². The predicted octanol–water partition coefficient (Wildman–Crippen LogP) is 3.92. The maximum Gasteiger partial charge on any atom is 0.306 e. The number of carboxylic acid groups (broad SMARTS) is 1. The molecule has 1 saturated heterocycles. The van der Waals surface area contributed by atoms with Crippen molar-refractivity contribution in [1.82, 2.24) is 4.90 Å². The van der Waals surface area contributed by atoms with E-state index in [1.807, 2.05) is 0 Å². The maximum atomic E-state index is 12.9. The van der Waals surface area contributed by atoms with Gasteiger partial charge in [0.2, 0.25) is 5.91 Å². The number of nitrogens with zero attached hydrogens (tertiary/aromatic N) is 1. The number of carbonyl (C=O) groups is 2. The fraction of sp³-hybridized carbons (Fsp3) is 0.579. The van der Waals surface area contributed by atoms with Gasteiger partial charge in [-0.3, -0.25) is 9.59 Å². The standard InChI is InChI=1S/C19H26FNO3.ClH/c1-2-3-4-17(19(23)24)15-9-11-21(12-10-15)18(22)13-14-5-7-16(20)8-6-14;/h5-8,15,17H,2-4,9-13H2,1H3,(H,23,24);1H. The highest BCUT2D eigenvalue weighted by Crippen LogP contribution is 2.29. The molecule has 1 unspecified atom stereocenters. The number of carbonyl (C=O) groups excluding carboxylic acids is 1. The first-order chi connectivity index (χ1) is 11.5. The number of likely N-dealkylation sites (tertiary alicyclic amines) is 1. The maximum absolute atomic E-state index is 12.9. The van der Waals surface area contributed by atoms with Crippen LogP contribution in [0.3, 0.4) is 0 Å². The molecule has 1 fully saturated rings. The molecule has 0 bridgehead atoms. The third-order valence-electron chi connectivity index (χ3n) is 4.92. The second-order valence-corrected chi connectivity index (χ2v) is 6.61. The van der Waals surface area contributed by atoms with Crippen LogP contribution in [0.15, 0.2) is 24.3 Å². The van der Waals surface area contributed by atoms with Crippen LogP contribution < -0.4 is 0 Å². The number of rotatable bonds is 7. The lowest BCUT2D eigenvalue weighted by Gasteiger charge is -2.34. The molecule has 1 aromatic rings. The van der Waals surface area contributed by atoms with Crippen molar-refractivity contribution in [2.45, 2.75) is 45.4 Å². The summed E-state index contributed by atoms with van der Waals surface area (Å²) in [6.45, 7) is 3.29. The Kier molecular flexibility index (Phi) is 8.90. The zero-order valence-corrected chi connectivity index (χ0v) is 15.4. The summed E-state index contributed by atoms with van der Waals surface area (Å²) in [6, 6.07) is 5.98. The first kappa shape index (κ1) is 21.4. The summed E-state index contributed by atoms with van der Waals surface area (Å²) in [4.78, 5) is 25.6. The van der Waals surface area contributed by atoms with Crippen LogP contribution in [0.5, 0.6) is 0 Å². The molecule has 1 N–H and O–H groups in total. The molecule has 1 amide bonds. The van der Waals surface area contributed by atoms with Gasteiger partial charge in [-0.15, -0.1) is 12.4 Å². The summed E-state index contributed by atoms with van der Waals surface area (Å²) in [7, 11) is 0. The van der Waals surface area contributed by atoms with Gasteiger partial charge in [0, 0.05) is 13.1 Å². The molecule has 0 aliphatic carbocycles. The molecule has 2 rings (SSSR count). The minimum Gasteiger partial charge on any atom is -0.481 e. The number of hydrogen-bond donors (Lipinski definition) is 1. The molecule has 1 aliphatic heterocycles. The molecule has 1 aromatic carbocycles. The van der Waals surface area contributed by atoms with Crippen LogP contribution in [-0.4, -0.2) is 35.0 Å². The molecule has 0 aromatic heterocycles. The minimum absolute atomic E-state index is 0. The van der Waals surface area contributed by atoms with E-state index in [2.05, 4.69) is 6.92 Å². The second kappa shape index (κ2) is 10.4. The molecule has 0 spiro atoms. The fourth-order valence-corrected chi connectivity index (χ4v) is 3.42. The fourth-order valence-electron chi connectivity index (χ4n) is 3.42. The van der Waals surface area contributed by atoms with Gasteiger partial charge < -0.3 is 10.0 Å². The Morgan fingerprint density at radius 1 is 1.24 bits per heavy atom. The van der Waals surface area contributed by atoms with E-state index in [1.165, 1.54) is 12.1 Å². The number of carboxylic acids is 1. The second-order valence-electron chi connectivity index (χ2n) is 6.61. The highest BCUT2D eigenvalue weighted by atomic mass is 35.5. The van der Waals surface area contributed by atoms with Crippen molar-refractivity contribution in [2.24, 2.45) is 11.8 Å². The molecular formula is C19H27ClFNO3. The molecule has 4 nitrogen and oxygen atoms in total. The van der Waals surface area contributed by atoms with Crippen molar-refractivity contribution in [3.63, 3.8) is 0 Å². The van der Waals surface area contributed by atoms with Gasteiger partial charge in [-0.1, -0.05) is 31.9 Å². The van der Waals surface area contributed by atoms with Crippen LogP contribution in [0, 0.1) is 17.7 Å². The SMILES string of the molecule is CCCCC(C(=O)O)C1CCN(C(=O)Cc2ccc(F)cc2)CC1.Cl. The Hall–Kier alpha value is -1.62. The Labute approximate surface area is 154 Å². The van der Waals surface area contributed by atoms with Crippen LogP contribution in [0.2, 0.25) is 0 Å². The summed E-state index contributed by atoms with van der Waals surface area (Å²) in [6.07, 6.45) is 4.41. The summed E-state index contributed by atoms with van der Waals surface area (Å²) >= 11 is 0. The zero-order chi connectivity index (χ0) is 17.5. The van der Waals surface area contributed by atoms with Crippen molar-refractivity contribution in [2.75, 3.05) is 13.1 Å². The van der Waals surface area contributed by atoms with Gasteiger partial charge >= 0.3 is 5.97 Å². The zero-order valence-electron chi connectivity index (χ0n) is 14.6. The summed E-state index contributed by atoms with van der Waals surface area (Å²) in [5.74, 6) is -1.12. The van der Waals surface area contributed by atoms with E-state index in [-0.39, 0.29) is 42.4 Å². The average Bonchev–Trinajstić information content (AvgIpc) is 2.57. The predicted molar refractivity (Wildman–Crippen MR) is 97.3 cm³/mol. The molecule has 1 heterocycles. The van der Waals surface area contributed by atoms with Crippen LogP contribution in [0.1, 0.15) is 44.6 Å². The first-order valence-corrected chi connectivity index (χ1v) is 8.76. The summed E-state index contributed by atoms with van der Waals surface area (Å²) in [5.41, 5.74) is 0.801. The highest BCUT2D eigenvalue weighted by molar-refractivity contribution is 5.85. The topological polar surface area (TPSA) is 57.6 Å². The molecule has 6 heteroatoms. The van der Waals surface area contributed by atoms with Crippen molar-refractivity contribution in [3.8, 4) is 0 Å². The molecule has 0 radical (unpaired) electrons.